The fraction of sp³-hybridized carbons (Fsp3) is 0.238. The molecule has 0 saturated heterocycles. The van der Waals surface area contributed by atoms with E-state index >= 15 is 0 Å². The Morgan fingerprint density at radius 1 is 1.23 bits per heavy atom. The summed E-state index contributed by atoms with van der Waals surface area (Å²) in [5, 5.41) is 9.95. The Labute approximate surface area is 157 Å². The van der Waals surface area contributed by atoms with Gasteiger partial charge in [0.1, 0.15) is 5.82 Å². The number of hydrogen-bond donors (Lipinski definition) is 0. The lowest BCUT2D eigenvalue weighted by atomic mass is 9.90. The van der Waals surface area contributed by atoms with Crippen molar-refractivity contribution in [3.8, 4) is 11.8 Å². The maximum absolute atomic E-state index is 13.2. The van der Waals surface area contributed by atoms with E-state index in [4.69, 9.17) is 16.6 Å². The second-order valence-electron chi connectivity index (χ2n) is 7.24. The van der Waals surface area contributed by atoms with Gasteiger partial charge >= 0.3 is 0 Å². The van der Waals surface area contributed by atoms with Crippen LogP contribution in [0.2, 0.25) is 5.02 Å². The number of halogens is 1. The van der Waals surface area contributed by atoms with Gasteiger partial charge < -0.3 is 0 Å². The molecule has 4 nitrogen and oxygen atoms in total. The number of aromatic nitrogens is 2. The van der Waals surface area contributed by atoms with Crippen molar-refractivity contribution < 1.29 is 0 Å². The summed E-state index contributed by atoms with van der Waals surface area (Å²) in [4.78, 5) is 17.9. The average Bonchev–Trinajstić information content (AvgIpc) is 2.59. The second kappa shape index (κ2) is 6.93. The first kappa shape index (κ1) is 18.2. The molecule has 0 aliphatic carbocycles. The van der Waals surface area contributed by atoms with Gasteiger partial charge in [-0.1, -0.05) is 44.5 Å². The third-order valence-corrected chi connectivity index (χ3v) is 4.36. The number of fused-ring (bicyclic) bond motifs is 1. The van der Waals surface area contributed by atoms with E-state index in [-0.39, 0.29) is 11.0 Å². The molecule has 3 rings (SSSR count). The fourth-order valence-corrected chi connectivity index (χ4v) is 3.00. The average molecular weight is 365 g/mol. The van der Waals surface area contributed by atoms with Gasteiger partial charge in [0, 0.05) is 6.42 Å². The van der Waals surface area contributed by atoms with Crippen LogP contribution in [0.15, 0.2) is 47.3 Å². The van der Waals surface area contributed by atoms with E-state index < -0.39 is 0 Å². The summed E-state index contributed by atoms with van der Waals surface area (Å²) >= 11 is 6.27. The molecular formula is C21H19ClN3O. The van der Waals surface area contributed by atoms with E-state index in [0.29, 0.717) is 39.4 Å². The van der Waals surface area contributed by atoms with Crippen LogP contribution < -0.4 is 5.56 Å². The standard InChI is InChI=1S/C21H19ClN3O/c1-21(2,3)11-10-18-24-17-9-5-8-16(22)19(17)20(26)25(18)15-7-4-6-14(12-15)13-23/h4-9,11-12H,10H2,1-3H3. The summed E-state index contributed by atoms with van der Waals surface area (Å²) in [6.45, 7) is 6.30. The molecular weight excluding hydrogens is 346 g/mol. The summed E-state index contributed by atoms with van der Waals surface area (Å²) in [6, 6.07) is 14.3. The molecule has 0 aliphatic rings. The van der Waals surface area contributed by atoms with E-state index in [1.165, 1.54) is 0 Å². The highest BCUT2D eigenvalue weighted by Gasteiger charge is 2.18. The van der Waals surface area contributed by atoms with Crippen molar-refractivity contribution >= 4 is 22.5 Å². The topological polar surface area (TPSA) is 58.7 Å². The molecule has 0 fully saturated rings. The van der Waals surface area contributed by atoms with Crippen LogP contribution in [0.3, 0.4) is 0 Å². The maximum Gasteiger partial charge on any atom is 0.267 e. The summed E-state index contributed by atoms with van der Waals surface area (Å²) < 4.78 is 1.55. The first-order chi connectivity index (χ1) is 12.3. The van der Waals surface area contributed by atoms with Gasteiger partial charge in [0.25, 0.3) is 5.56 Å². The minimum Gasteiger partial charge on any atom is -0.268 e. The van der Waals surface area contributed by atoms with Gasteiger partial charge in [-0.2, -0.15) is 5.26 Å². The van der Waals surface area contributed by atoms with Gasteiger partial charge in [-0.15, -0.1) is 0 Å². The highest BCUT2D eigenvalue weighted by Crippen LogP contribution is 2.24. The molecule has 1 radical (unpaired) electrons. The van der Waals surface area contributed by atoms with Crippen LogP contribution >= 0.6 is 11.6 Å². The lowest BCUT2D eigenvalue weighted by molar-refractivity contribution is 0.478. The van der Waals surface area contributed by atoms with Crippen molar-refractivity contribution in [3.05, 3.63) is 75.6 Å². The summed E-state index contributed by atoms with van der Waals surface area (Å²) in [5.74, 6) is 0.620. The van der Waals surface area contributed by atoms with Crippen molar-refractivity contribution in [1.82, 2.24) is 9.55 Å². The van der Waals surface area contributed by atoms with Crippen molar-refractivity contribution in [1.29, 1.82) is 5.26 Å². The zero-order chi connectivity index (χ0) is 18.9. The van der Waals surface area contributed by atoms with Gasteiger partial charge in [-0.25, -0.2) is 4.98 Å². The molecule has 5 heteroatoms. The lowest BCUT2D eigenvalue weighted by Crippen LogP contribution is -2.25. The van der Waals surface area contributed by atoms with Crippen molar-refractivity contribution in [2.24, 2.45) is 5.41 Å². The molecule has 0 aliphatic heterocycles. The summed E-state index contributed by atoms with van der Waals surface area (Å²) in [7, 11) is 0. The van der Waals surface area contributed by atoms with E-state index in [1.54, 1.807) is 47.0 Å². The highest BCUT2D eigenvalue weighted by molar-refractivity contribution is 6.35. The first-order valence-corrected chi connectivity index (χ1v) is 8.73. The number of benzene rings is 2. The van der Waals surface area contributed by atoms with Crippen LogP contribution in [0, 0.1) is 23.2 Å². The molecule has 0 atom stereocenters. The maximum atomic E-state index is 13.2. The van der Waals surface area contributed by atoms with Crippen LogP contribution in [0.1, 0.15) is 32.2 Å². The Morgan fingerprint density at radius 2 is 1.96 bits per heavy atom. The predicted octanol–water partition coefficient (Wildman–Crippen LogP) is 4.70. The molecule has 0 spiro atoms. The van der Waals surface area contributed by atoms with Crippen LogP contribution in [0.5, 0.6) is 0 Å². The minimum atomic E-state index is -0.229. The molecule has 0 N–H and O–H groups in total. The van der Waals surface area contributed by atoms with Gasteiger partial charge in [0.15, 0.2) is 0 Å². The molecule has 1 aromatic heterocycles. The molecule has 0 amide bonds. The van der Waals surface area contributed by atoms with Gasteiger partial charge in [-0.05, 0) is 42.2 Å². The van der Waals surface area contributed by atoms with Crippen LogP contribution in [0.25, 0.3) is 16.6 Å². The molecule has 0 unspecified atom stereocenters. The second-order valence-corrected chi connectivity index (χ2v) is 7.65. The molecule has 0 saturated carbocycles. The molecule has 1 heterocycles. The molecule has 0 bridgehead atoms. The van der Waals surface area contributed by atoms with E-state index in [1.807, 2.05) is 0 Å². The van der Waals surface area contributed by atoms with E-state index in [9.17, 15) is 10.1 Å². The minimum absolute atomic E-state index is 0.0135. The number of hydrogen-bond acceptors (Lipinski definition) is 3. The Balaban J connectivity index is 2.30. The van der Waals surface area contributed by atoms with E-state index in [0.717, 1.165) is 0 Å². The Morgan fingerprint density at radius 3 is 2.65 bits per heavy atom. The third-order valence-electron chi connectivity index (χ3n) is 4.05. The lowest BCUT2D eigenvalue weighted by Gasteiger charge is -2.19. The third kappa shape index (κ3) is 3.63. The Bertz CT molecular complexity index is 1070. The zero-order valence-corrected chi connectivity index (χ0v) is 15.7. The molecule has 3 aromatic rings. The van der Waals surface area contributed by atoms with Gasteiger partial charge in [-0.3, -0.25) is 9.36 Å². The largest absolute Gasteiger partial charge is 0.268 e. The predicted molar refractivity (Wildman–Crippen MR) is 105 cm³/mol. The van der Waals surface area contributed by atoms with Gasteiger partial charge in [0.05, 0.1) is 33.2 Å². The van der Waals surface area contributed by atoms with Gasteiger partial charge in [0.2, 0.25) is 0 Å². The van der Waals surface area contributed by atoms with Crippen molar-refractivity contribution in [2.75, 3.05) is 0 Å². The molecule has 26 heavy (non-hydrogen) atoms. The van der Waals surface area contributed by atoms with Crippen LogP contribution in [-0.2, 0) is 6.42 Å². The molecule has 131 valence electrons. The normalized spacial score (nSPS) is 11.5. The monoisotopic (exact) mass is 364 g/mol. The smallest absolute Gasteiger partial charge is 0.267 e. The van der Waals surface area contributed by atoms with E-state index in [2.05, 4.69) is 33.3 Å². The number of nitriles is 1. The number of nitrogens with zero attached hydrogens (tertiary/aromatic N) is 3. The Kier molecular flexibility index (Phi) is 4.84. The van der Waals surface area contributed by atoms with Crippen molar-refractivity contribution in [3.63, 3.8) is 0 Å². The SMILES string of the molecule is CC(C)(C)[CH]Cc1nc2cccc(Cl)c2c(=O)n1-c1cccc(C#N)c1. The zero-order valence-electron chi connectivity index (χ0n) is 15.0. The molecule has 2 aromatic carbocycles. The van der Waals surface area contributed by atoms with Crippen molar-refractivity contribution in [2.45, 2.75) is 27.2 Å². The fourth-order valence-electron chi connectivity index (χ4n) is 2.75. The van der Waals surface area contributed by atoms with Crippen LogP contribution in [0.4, 0.5) is 0 Å². The number of rotatable bonds is 3. The summed E-state index contributed by atoms with van der Waals surface area (Å²) in [6.07, 6.45) is 2.65. The first-order valence-electron chi connectivity index (χ1n) is 8.35. The summed E-state index contributed by atoms with van der Waals surface area (Å²) in [5.41, 5.74) is 1.43. The highest BCUT2D eigenvalue weighted by atomic mass is 35.5. The van der Waals surface area contributed by atoms with Crippen LogP contribution in [-0.4, -0.2) is 9.55 Å². The Hall–Kier alpha value is -2.64. The quantitative estimate of drug-likeness (QED) is 0.676.